The lowest BCUT2D eigenvalue weighted by Crippen LogP contribution is -1.96. The van der Waals surface area contributed by atoms with Gasteiger partial charge in [0.25, 0.3) is 0 Å². The molecule has 5 heteroatoms. The van der Waals surface area contributed by atoms with Gasteiger partial charge in [-0.05, 0) is 30.8 Å². The van der Waals surface area contributed by atoms with Gasteiger partial charge in [-0.1, -0.05) is 38.0 Å². The molecular weight excluding hydrogens is 312 g/mol. The summed E-state index contributed by atoms with van der Waals surface area (Å²) in [6, 6.07) is 8.01. The number of aromatic hydroxyl groups is 1. The third-order valence-electron chi connectivity index (χ3n) is 3.72. The molecule has 0 atom stereocenters. The van der Waals surface area contributed by atoms with Gasteiger partial charge in [0.1, 0.15) is 0 Å². The van der Waals surface area contributed by atoms with E-state index in [1.54, 1.807) is 0 Å². The number of allylic oxidation sites excluding steroid dienone is 1. The quantitative estimate of drug-likeness (QED) is 0.586. The van der Waals surface area contributed by atoms with E-state index in [4.69, 9.17) is 12.2 Å². The zero-order valence-electron chi connectivity index (χ0n) is 12.5. The molecule has 0 unspecified atom stereocenters. The minimum Gasteiger partial charge on any atom is -0.493 e. The van der Waals surface area contributed by atoms with Crippen LogP contribution in [0, 0.1) is 3.95 Å². The van der Waals surface area contributed by atoms with Crippen LogP contribution in [0.2, 0.25) is 0 Å². The summed E-state index contributed by atoms with van der Waals surface area (Å²) in [5.74, 6) is 0.274. The molecule has 0 aliphatic carbocycles. The van der Waals surface area contributed by atoms with Crippen LogP contribution in [0.4, 0.5) is 5.69 Å². The van der Waals surface area contributed by atoms with Gasteiger partial charge >= 0.3 is 0 Å². The maximum atomic E-state index is 10.4. The molecule has 1 N–H and O–H groups in total. The van der Waals surface area contributed by atoms with Crippen LogP contribution in [0.5, 0.6) is 5.88 Å². The zero-order valence-corrected chi connectivity index (χ0v) is 14.1. The number of fused-ring (bicyclic) bond motifs is 1. The highest BCUT2D eigenvalue weighted by molar-refractivity contribution is 7.73. The van der Waals surface area contributed by atoms with Crippen LogP contribution in [0.25, 0.3) is 11.6 Å². The van der Waals surface area contributed by atoms with Gasteiger partial charge in [-0.3, -0.25) is 9.56 Å². The summed E-state index contributed by atoms with van der Waals surface area (Å²) in [5, 5.41) is 10.4. The topological polar surface area (TPSA) is 37.5 Å². The molecule has 0 spiro atoms. The largest absolute Gasteiger partial charge is 0.493 e. The fraction of sp³-hybridized carbons (Fsp3) is 0.294. The lowest BCUT2D eigenvalue weighted by molar-refractivity contribution is 0.408. The monoisotopic (exact) mass is 330 g/mol. The van der Waals surface area contributed by atoms with Crippen LogP contribution < -0.4 is 0 Å². The fourth-order valence-electron chi connectivity index (χ4n) is 2.52. The molecule has 0 saturated heterocycles. The van der Waals surface area contributed by atoms with Crippen LogP contribution >= 0.6 is 23.6 Å². The summed E-state index contributed by atoms with van der Waals surface area (Å²) in [6.07, 6.45) is 7.15. The van der Waals surface area contributed by atoms with E-state index in [2.05, 4.69) is 11.9 Å². The van der Waals surface area contributed by atoms with Gasteiger partial charge in [-0.2, -0.15) is 0 Å². The van der Waals surface area contributed by atoms with E-state index in [1.807, 2.05) is 41.1 Å². The van der Waals surface area contributed by atoms with Gasteiger partial charge in [-0.25, -0.2) is 0 Å². The number of hydrogen-bond donors (Lipinski definition) is 1. The predicted octanol–water partition coefficient (Wildman–Crippen LogP) is 5.43. The Kier molecular flexibility index (Phi) is 4.55. The molecule has 0 radical (unpaired) electrons. The Morgan fingerprint density at radius 3 is 2.95 bits per heavy atom. The molecule has 0 bridgehead atoms. The lowest BCUT2D eigenvalue weighted by Gasteiger charge is -2.04. The van der Waals surface area contributed by atoms with E-state index < -0.39 is 0 Å². The first kappa shape index (κ1) is 15.2. The van der Waals surface area contributed by atoms with Crippen LogP contribution in [0.1, 0.15) is 36.6 Å². The number of benzene rings is 1. The van der Waals surface area contributed by atoms with Crippen molar-refractivity contribution in [1.29, 1.82) is 0 Å². The summed E-state index contributed by atoms with van der Waals surface area (Å²) < 4.78 is 2.56. The van der Waals surface area contributed by atoms with E-state index >= 15 is 0 Å². The second-order valence-electron chi connectivity index (χ2n) is 5.29. The highest BCUT2D eigenvalue weighted by Crippen LogP contribution is 2.35. The summed E-state index contributed by atoms with van der Waals surface area (Å²) in [4.78, 5) is 5.20. The number of rotatable bonds is 5. The van der Waals surface area contributed by atoms with Crippen LogP contribution in [0.3, 0.4) is 0 Å². The highest BCUT2D eigenvalue weighted by Gasteiger charge is 2.14. The Morgan fingerprint density at radius 2 is 2.14 bits per heavy atom. The van der Waals surface area contributed by atoms with E-state index in [0.29, 0.717) is 0 Å². The van der Waals surface area contributed by atoms with Gasteiger partial charge in [0.15, 0.2) is 3.95 Å². The SMILES string of the molecule is CCCCCn1c(O)c(/C=C2\C=Nc3ccccc32)sc1=S. The van der Waals surface area contributed by atoms with Gasteiger partial charge in [0.05, 0.1) is 10.6 Å². The summed E-state index contributed by atoms with van der Waals surface area (Å²) in [5.41, 5.74) is 3.08. The van der Waals surface area contributed by atoms with Gasteiger partial charge in [0, 0.05) is 23.9 Å². The standard InChI is InChI=1S/C17H18N2OS2/c1-2-3-6-9-19-16(20)15(22-17(19)21)10-12-11-18-14-8-5-4-7-13(12)14/h4-5,7-8,10-11,20H,2-3,6,9H2,1H3/b12-10+. The summed E-state index contributed by atoms with van der Waals surface area (Å²) >= 11 is 6.84. The first-order chi connectivity index (χ1) is 10.7. The number of unbranched alkanes of at least 4 members (excludes halogenated alkanes) is 2. The number of aliphatic imine (C=N–C) groups is 1. The number of para-hydroxylation sites is 1. The Bertz CT molecular complexity index is 799. The van der Waals surface area contributed by atoms with Crippen molar-refractivity contribution in [2.75, 3.05) is 0 Å². The normalized spacial score (nSPS) is 14.7. The fourth-order valence-corrected chi connectivity index (χ4v) is 3.83. The van der Waals surface area contributed by atoms with Crippen LogP contribution in [-0.2, 0) is 6.54 Å². The van der Waals surface area contributed by atoms with Crippen molar-refractivity contribution in [3.05, 3.63) is 38.7 Å². The molecular formula is C17H18N2OS2. The molecule has 1 aromatic carbocycles. The zero-order chi connectivity index (χ0) is 15.5. The third-order valence-corrected chi connectivity index (χ3v) is 5.11. The molecule has 22 heavy (non-hydrogen) atoms. The molecule has 0 fully saturated rings. The van der Waals surface area contributed by atoms with Gasteiger partial charge < -0.3 is 5.11 Å². The van der Waals surface area contributed by atoms with Crippen molar-refractivity contribution >= 4 is 47.1 Å². The minimum atomic E-state index is 0.274. The summed E-state index contributed by atoms with van der Waals surface area (Å²) in [7, 11) is 0. The first-order valence-electron chi connectivity index (χ1n) is 7.48. The van der Waals surface area contributed by atoms with Gasteiger partial charge in [0.2, 0.25) is 5.88 Å². The maximum Gasteiger partial charge on any atom is 0.210 e. The Hall–Kier alpha value is -1.72. The third kappa shape index (κ3) is 2.91. The molecule has 3 nitrogen and oxygen atoms in total. The molecule has 1 aliphatic heterocycles. The predicted molar refractivity (Wildman–Crippen MR) is 96.8 cm³/mol. The Labute approximate surface area is 139 Å². The number of hydrogen-bond acceptors (Lipinski definition) is 4. The molecule has 0 amide bonds. The van der Waals surface area contributed by atoms with E-state index in [0.717, 1.165) is 51.5 Å². The smallest absolute Gasteiger partial charge is 0.210 e. The van der Waals surface area contributed by atoms with Crippen molar-refractivity contribution in [2.24, 2.45) is 4.99 Å². The number of nitrogens with zero attached hydrogens (tertiary/aromatic N) is 2. The average molecular weight is 330 g/mol. The molecule has 1 aliphatic rings. The first-order valence-corrected chi connectivity index (χ1v) is 8.71. The van der Waals surface area contributed by atoms with E-state index in [9.17, 15) is 5.11 Å². The van der Waals surface area contributed by atoms with E-state index in [1.165, 1.54) is 11.3 Å². The minimum absolute atomic E-state index is 0.274. The van der Waals surface area contributed by atoms with Gasteiger partial charge in [-0.15, -0.1) is 11.3 Å². The van der Waals surface area contributed by atoms with Crippen LogP contribution in [0.15, 0.2) is 29.3 Å². The maximum absolute atomic E-state index is 10.4. The summed E-state index contributed by atoms with van der Waals surface area (Å²) in [6.45, 7) is 2.95. The second kappa shape index (κ2) is 6.58. The molecule has 2 aromatic rings. The van der Waals surface area contributed by atoms with Crippen molar-refractivity contribution in [3.8, 4) is 5.88 Å². The molecule has 3 rings (SSSR count). The number of aromatic nitrogens is 1. The Morgan fingerprint density at radius 1 is 1.32 bits per heavy atom. The van der Waals surface area contributed by atoms with Crippen molar-refractivity contribution in [1.82, 2.24) is 4.57 Å². The van der Waals surface area contributed by atoms with Crippen molar-refractivity contribution in [2.45, 2.75) is 32.7 Å². The molecule has 2 heterocycles. The van der Waals surface area contributed by atoms with Crippen LogP contribution in [-0.4, -0.2) is 15.9 Å². The second-order valence-corrected chi connectivity index (χ2v) is 6.97. The lowest BCUT2D eigenvalue weighted by atomic mass is 10.1. The average Bonchev–Trinajstić information content (AvgIpc) is 3.04. The van der Waals surface area contributed by atoms with Crippen molar-refractivity contribution < 1.29 is 5.11 Å². The molecule has 114 valence electrons. The molecule has 0 saturated carbocycles. The van der Waals surface area contributed by atoms with Crippen molar-refractivity contribution in [3.63, 3.8) is 0 Å². The highest BCUT2D eigenvalue weighted by atomic mass is 32.1. The number of thiazole rings is 1. The molecule has 1 aromatic heterocycles. The Balaban J connectivity index is 1.91. The van der Waals surface area contributed by atoms with E-state index in [-0.39, 0.29) is 5.88 Å².